The van der Waals surface area contributed by atoms with Crippen molar-refractivity contribution in [2.75, 3.05) is 0 Å². The number of hydrogen-bond acceptors (Lipinski definition) is 3. The summed E-state index contributed by atoms with van der Waals surface area (Å²) < 4.78 is 19.0. The highest BCUT2D eigenvalue weighted by Crippen LogP contribution is 2.25. The normalized spacial score (nSPS) is 14.2. The Bertz CT molecular complexity index is 487. The van der Waals surface area contributed by atoms with Crippen LogP contribution in [0.25, 0.3) is 0 Å². The predicted octanol–water partition coefficient (Wildman–Crippen LogP) is 4.49. The van der Waals surface area contributed by atoms with Crippen molar-refractivity contribution in [3.8, 4) is 0 Å². The third kappa shape index (κ3) is 7.22. The highest BCUT2D eigenvalue weighted by Gasteiger charge is 2.43. The fourth-order valence-corrected chi connectivity index (χ4v) is 21.3. The van der Waals surface area contributed by atoms with Gasteiger partial charge in [-0.15, -0.1) is 11.1 Å². The van der Waals surface area contributed by atoms with Gasteiger partial charge in [0.2, 0.25) is 8.32 Å². The molecule has 1 aromatic carbocycles. The molecule has 8 heteroatoms. The van der Waals surface area contributed by atoms with Gasteiger partial charge in [0.25, 0.3) is 7.63 Å². The molecule has 1 aromatic rings. The molecule has 3 nitrogen and oxygen atoms in total. The first kappa shape index (κ1) is 20.3. The molecule has 0 amide bonds. The third-order valence-electron chi connectivity index (χ3n) is 2.95. The Morgan fingerprint density at radius 1 is 0.682 bits per heavy atom. The van der Waals surface area contributed by atoms with Crippen molar-refractivity contribution in [2.24, 2.45) is 0 Å². The summed E-state index contributed by atoms with van der Waals surface area (Å²) in [6.07, 6.45) is 0. The van der Waals surface area contributed by atoms with Gasteiger partial charge in [-0.25, -0.2) is 0 Å². The zero-order valence-corrected chi connectivity index (χ0v) is 19.7. The lowest BCUT2D eigenvalue weighted by atomic mass is 10.4. The van der Waals surface area contributed by atoms with Crippen LogP contribution in [0.5, 0.6) is 0 Å². The van der Waals surface area contributed by atoms with E-state index in [0.29, 0.717) is 0 Å². The van der Waals surface area contributed by atoms with Gasteiger partial charge in [0.15, 0.2) is 0 Å². The van der Waals surface area contributed by atoms with E-state index in [1.807, 2.05) is 19.2 Å². The first-order valence-corrected chi connectivity index (χ1v) is 20.0. The van der Waals surface area contributed by atoms with E-state index < -0.39 is 33.1 Å². The summed E-state index contributed by atoms with van der Waals surface area (Å²) >= 11 is 6.33. The van der Waals surface area contributed by atoms with Crippen molar-refractivity contribution in [1.29, 1.82) is 0 Å². The number of rotatable bonds is 7. The fraction of sp³-hybridized carbons (Fsp3) is 0.571. The van der Waals surface area contributed by atoms with Crippen LogP contribution in [-0.4, -0.2) is 33.1 Å². The lowest BCUT2D eigenvalue weighted by Crippen LogP contribution is -2.58. The minimum atomic E-state index is -2.29. The molecule has 0 spiro atoms. The SMILES string of the molecule is C[Si](C)(Cl)O[Si](C)(C)O[Si](C)(C)O[Si](C)(C)c1ccccc1. The first-order valence-electron chi connectivity index (χ1n) is 7.57. The highest BCUT2D eigenvalue weighted by molar-refractivity contribution is 7.17. The quantitative estimate of drug-likeness (QED) is 0.505. The molecule has 0 bridgehead atoms. The van der Waals surface area contributed by atoms with Crippen LogP contribution < -0.4 is 5.19 Å². The molecule has 0 heterocycles. The molecule has 0 aliphatic carbocycles. The van der Waals surface area contributed by atoms with E-state index in [9.17, 15) is 0 Å². The Labute approximate surface area is 144 Å². The van der Waals surface area contributed by atoms with Gasteiger partial charge in [0, 0.05) is 0 Å². The molecule has 0 radical (unpaired) electrons. The van der Waals surface area contributed by atoms with Crippen LogP contribution in [0.4, 0.5) is 0 Å². The molecular weight excluding hydrogens is 364 g/mol. The summed E-state index contributed by atoms with van der Waals surface area (Å²) in [6, 6.07) is 10.4. The summed E-state index contributed by atoms with van der Waals surface area (Å²) in [6.45, 7) is 16.7. The van der Waals surface area contributed by atoms with Crippen LogP contribution in [0.15, 0.2) is 30.3 Å². The van der Waals surface area contributed by atoms with Crippen molar-refractivity contribution < 1.29 is 12.3 Å². The summed E-state index contributed by atoms with van der Waals surface area (Å²) in [5, 5.41) is 1.28. The lowest BCUT2D eigenvalue weighted by molar-refractivity contribution is 0.335. The smallest absolute Gasteiger partial charge is 0.313 e. The molecule has 0 aliphatic rings. The zero-order valence-electron chi connectivity index (χ0n) is 15.0. The number of benzene rings is 1. The molecule has 0 aromatic heterocycles. The van der Waals surface area contributed by atoms with Gasteiger partial charge in [0.1, 0.15) is 0 Å². The molecule has 0 unspecified atom stereocenters. The van der Waals surface area contributed by atoms with Crippen LogP contribution in [0.1, 0.15) is 0 Å². The zero-order chi connectivity index (χ0) is 17.2. The van der Waals surface area contributed by atoms with Gasteiger partial charge >= 0.3 is 17.1 Å². The van der Waals surface area contributed by atoms with Gasteiger partial charge in [0.05, 0.1) is 0 Å². The Hall–Kier alpha value is 0.258. The summed E-state index contributed by atoms with van der Waals surface area (Å²) in [5.41, 5.74) is 0. The van der Waals surface area contributed by atoms with Crippen LogP contribution in [-0.2, 0) is 12.3 Å². The topological polar surface area (TPSA) is 27.7 Å². The fourth-order valence-electron chi connectivity index (χ4n) is 2.73. The van der Waals surface area contributed by atoms with Crippen LogP contribution in [0.3, 0.4) is 0 Å². The van der Waals surface area contributed by atoms with E-state index in [2.05, 4.69) is 63.5 Å². The van der Waals surface area contributed by atoms with Crippen LogP contribution >= 0.6 is 11.1 Å². The standard InChI is InChI=1S/C14H29ClO3Si4/c1-19(2,14-12-10-9-11-13-14)16-21(5,6)18-22(7,8)17-20(3,4)15/h9-13H,1-8H3. The van der Waals surface area contributed by atoms with Crippen LogP contribution in [0, 0.1) is 0 Å². The molecule has 0 saturated carbocycles. The minimum Gasteiger partial charge on any atom is -0.433 e. The molecule has 0 aliphatic heterocycles. The first-order chi connectivity index (χ1) is 9.73. The van der Waals surface area contributed by atoms with Crippen molar-refractivity contribution in [3.63, 3.8) is 0 Å². The predicted molar refractivity (Wildman–Crippen MR) is 105 cm³/mol. The van der Waals surface area contributed by atoms with Crippen molar-refractivity contribution in [1.82, 2.24) is 0 Å². The largest absolute Gasteiger partial charge is 0.433 e. The van der Waals surface area contributed by atoms with Gasteiger partial charge in [-0.1, -0.05) is 30.3 Å². The van der Waals surface area contributed by atoms with E-state index in [-0.39, 0.29) is 0 Å². The maximum atomic E-state index is 6.54. The number of hydrogen-bond donors (Lipinski definition) is 0. The van der Waals surface area contributed by atoms with Gasteiger partial charge in [-0.2, -0.15) is 0 Å². The average molecular weight is 393 g/mol. The average Bonchev–Trinajstić information content (AvgIpc) is 2.23. The van der Waals surface area contributed by atoms with Gasteiger partial charge < -0.3 is 12.3 Å². The maximum Gasteiger partial charge on any atom is 0.313 e. The van der Waals surface area contributed by atoms with Crippen molar-refractivity contribution in [2.45, 2.75) is 52.4 Å². The minimum absolute atomic E-state index is 1.28. The van der Waals surface area contributed by atoms with Crippen LogP contribution in [0.2, 0.25) is 52.4 Å². The van der Waals surface area contributed by atoms with E-state index in [1.165, 1.54) is 5.19 Å². The molecule has 0 N–H and O–H groups in total. The van der Waals surface area contributed by atoms with E-state index in [1.54, 1.807) is 0 Å². The number of halogens is 1. The second-order valence-corrected chi connectivity index (χ2v) is 24.4. The highest BCUT2D eigenvalue weighted by atomic mass is 35.6. The summed E-state index contributed by atoms with van der Waals surface area (Å²) in [4.78, 5) is 0. The second-order valence-electron chi connectivity index (χ2n) is 7.35. The summed E-state index contributed by atoms with van der Waals surface area (Å²) in [7, 11) is -8.70. The third-order valence-corrected chi connectivity index (χ3v) is 17.2. The van der Waals surface area contributed by atoms with E-state index in [0.717, 1.165) is 0 Å². The second kappa shape index (κ2) is 7.02. The molecule has 1 rings (SSSR count). The van der Waals surface area contributed by atoms with Crippen molar-refractivity contribution >= 4 is 49.3 Å². The van der Waals surface area contributed by atoms with E-state index in [4.69, 9.17) is 23.4 Å². The van der Waals surface area contributed by atoms with Gasteiger partial charge in [-0.05, 0) is 57.6 Å². The Kier molecular flexibility index (Phi) is 6.48. The monoisotopic (exact) mass is 392 g/mol. The van der Waals surface area contributed by atoms with Crippen molar-refractivity contribution in [3.05, 3.63) is 30.3 Å². The molecule has 22 heavy (non-hydrogen) atoms. The molecular formula is C14H29ClO3Si4. The molecule has 126 valence electrons. The molecule has 0 atom stereocenters. The maximum absolute atomic E-state index is 6.54. The van der Waals surface area contributed by atoms with Gasteiger partial charge in [-0.3, -0.25) is 0 Å². The lowest BCUT2D eigenvalue weighted by Gasteiger charge is -2.39. The molecule has 0 fully saturated rings. The Morgan fingerprint density at radius 3 is 1.59 bits per heavy atom. The molecule has 0 saturated heterocycles. The Morgan fingerprint density at radius 2 is 1.14 bits per heavy atom. The van der Waals surface area contributed by atoms with E-state index >= 15 is 0 Å². The Balaban J connectivity index is 2.82. The summed E-state index contributed by atoms with van der Waals surface area (Å²) in [5.74, 6) is 0.